The zero-order valence-electron chi connectivity index (χ0n) is 11.7. The van der Waals surface area contributed by atoms with E-state index < -0.39 is 16.8 Å². The number of hydrogen-bond acceptors (Lipinski definition) is 4. The standard InChI is InChI=1S/C13H17N3O5/c1-14-7-10(16(20)21)6-11(14)13(19)15(8-12(17)18)9-4-2-3-5-9/h6-7,9H,2-5,8H2,1H3,(H,17,18). The lowest BCUT2D eigenvalue weighted by molar-refractivity contribution is -0.384. The van der Waals surface area contributed by atoms with E-state index in [1.54, 1.807) is 0 Å². The molecule has 1 heterocycles. The number of aromatic nitrogens is 1. The molecule has 1 aromatic heterocycles. The number of carboxylic acid groups (broad SMARTS) is 1. The van der Waals surface area contributed by atoms with Crippen molar-refractivity contribution in [1.82, 2.24) is 9.47 Å². The van der Waals surface area contributed by atoms with Crippen molar-refractivity contribution in [2.24, 2.45) is 7.05 Å². The van der Waals surface area contributed by atoms with Gasteiger partial charge in [-0.3, -0.25) is 19.7 Å². The molecular formula is C13H17N3O5. The van der Waals surface area contributed by atoms with E-state index in [2.05, 4.69) is 0 Å². The molecule has 1 aliphatic carbocycles. The molecule has 1 amide bonds. The highest BCUT2D eigenvalue weighted by Gasteiger charge is 2.31. The number of aliphatic carboxylic acids is 1. The van der Waals surface area contributed by atoms with E-state index in [9.17, 15) is 19.7 Å². The van der Waals surface area contributed by atoms with E-state index in [1.807, 2.05) is 0 Å². The Morgan fingerprint density at radius 2 is 2.10 bits per heavy atom. The van der Waals surface area contributed by atoms with Gasteiger partial charge < -0.3 is 14.6 Å². The van der Waals surface area contributed by atoms with Crippen molar-refractivity contribution in [3.05, 3.63) is 28.1 Å². The monoisotopic (exact) mass is 295 g/mol. The number of nitro groups is 1. The van der Waals surface area contributed by atoms with Crippen LogP contribution in [-0.4, -0.2) is 44.0 Å². The SMILES string of the molecule is Cn1cc([N+](=O)[O-])cc1C(=O)N(CC(=O)O)C1CCCC1. The molecule has 0 saturated heterocycles. The fourth-order valence-corrected chi connectivity index (χ4v) is 2.74. The lowest BCUT2D eigenvalue weighted by Crippen LogP contribution is -2.42. The predicted octanol–water partition coefficient (Wildman–Crippen LogP) is 1.40. The number of carbonyl (C=O) groups is 2. The van der Waals surface area contributed by atoms with Crippen LogP contribution in [0.3, 0.4) is 0 Å². The molecule has 21 heavy (non-hydrogen) atoms. The molecule has 2 rings (SSSR count). The molecule has 1 aliphatic rings. The van der Waals surface area contributed by atoms with E-state index in [-0.39, 0.29) is 24.0 Å². The molecule has 0 bridgehead atoms. The van der Waals surface area contributed by atoms with Crippen LogP contribution in [0, 0.1) is 10.1 Å². The number of carbonyl (C=O) groups excluding carboxylic acids is 1. The molecule has 114 valence electrons. The van der Waals surface area contributed by atoms with Gasteiger partial charge >= 0.3 is 5.97 Å². The van der Waals surface area contributed by atoms with Gasteiger partial charge in [0.05, 0.1) is 11.1 Å². The van der Waals surface area contributed by atoms with Gasteiger partial charge in [0.15, 0.2) is 0 Å². The lowest BCUT2D eigenvalue weighted by Gasteiger charge is -2.27. The fraction of sp³-hybridized carbons (Fsp3) is 0.538. The maximum absolute atomic E-state index is 12.5. The third-order valence-electron chi connectivity index (χ3n) is 3.75. The molecule has 1 fully saturated rings. The van der Waals surface area contributed by atoms with Gasteiger partial charge in [0.2, 0.25) is 0 Å². The molecule has 1 aromatic rings. The van der Waals surface area contributed by atoms with Crippen molar-refractivity contribution in [3.8, 4) is 0 Å². The predicted molar refractivity (Wildman–Crippen MR) is 73.0 cm³/mol. The van der Waals surface area contributed by atoms with Crippen LogP contribution in [0.2, 0.25) is 0 Å². The van der Waals surface area contributed by atoms with Crippen LogP contribution in [0.4, 0.5) is 5.69 Å². The number of aryl methyl sites for hydroxylation is 1. The molecule has 8 heteroatoms. The quantitative estimate of drug-likeness (QED) is 0.653. The molecule has 0 aliphatic heterocycles. The number of amides is 1. The molecule has 0 radical (unpaired) electrons. The average molecular weight is 295 g/mol. The molecule has 0 atom stereocenters. The number of hydrogen-bond donors (Lipinski definition) is 1. The minimum Gasteiger partial charge on any atom is -0.480 e. The third kappa shape index (κ3) is 3.21. The molecule has 0 spiro atoms. The van der Waals surface area contributed by atoms with Gasteiger partial charge in [-0.1, -0.05) is 12.8 Å². The minimum atomic E-state index is -1.08. The zero-order chi connectivity index (χ0) is 15.6. The van der Waals surface area contributed by atoms with Gasteiger partial charge in [-0.05, 0) is 12.8 Å². The Kier molecular flexibility index (Phi) is 4.25. The topological polar surface area (TPSA) is 106 Å². The molecule has 1 saturated carbocycles. The van der Waals surface area contributed by atoms with Crippen molar-refractivity contribution in [3.63, 3.8) is 0 Å². The second kappa shape index (κ2) is 5.94. The van der Waals surface area contributed by atoms with Crippen LogP contribution < -0.4 is 0 Å². The van der Waals surface area contributed by atoms with E-state index in [4.69, 9.17) is 5.11 Å². The number of nitrogens with zero attached hydrogens (tertiary/aromatic N) is 3. The summed E-state index contributed by atoms with van der Waals surface area (Å²) in [5, 5.41) is 19.8. The van der Waals surface area contributed by atoms with Gasteiger partial charge in [-0.15, -0.1) is 0 Å². The summed E-state index contributed by atoms with van der Waals surface area (Å²) in [6.45, 7) is -0.386. The van der Waals surface area contributed by atoms with Crippen LogP contribution in [0.5, 0.6) is 0 Å². The Morgan fingerprint density at radius 3 is 2.57 bits per heavy atom. The first kappa shape index (κ1) is 15.0. The highest BCUT2D eigenvalue weighted by molar-refractivity contribution is 5.95. The van der Waals surface area contributed by atoms with Gasteiger partial charge in [-0.2, -0.15) is 0 Å². The zero-order valence-corrected chi connectivity index (χ0v) is 11.7. The van der Waals surface area contributed by atoms with Crippen LogP contribution in [-0.2, 0) is 11.8 Å². The minimum absolute atomic E-state index is 0.109. The Bertz CT molecular complexity index is 574. The molecule has 0 unspecified atom stereocenters. The Labute approximate surface area is 121 Å². The maximum atomic E-state index is 12.5. The Hall–Kier alpha value is -2.38. The molecule has 0 aromatic carbocycles. The third-order valence-corrected chi connectivity index (χ3v) is 3.75. The second-order valence-corrected chi connectivity index (χ2v) is 5.22. The smallest absolute Gasteiger partial charge is 0.323 e. The number of carboxylic acids is 1. The Morgan fingerprint density at radius 1 is 1.48 bits per heavy atom. The Balaban J connectivity index is 2.28. The summed E-state index contributed by atoms with van der Waals surface area (Å²) < 4.78 is 1.37. The summed E-state index contributed by atoms with van der Waals surface area (Å²) in [6, 6.07) is 1.08. The largest absolute Gasteiger partial charge is 0.480 e. The summed E-state index contributed by atoms with van der Waals surface area (Å²) >= 11 is 0. The first-order valence-corrected chi connectivity index (χ1v) is 6.73. The summed E-state index contributed by atoms with van der Waals surface area (Å²) in [5.74, 6) is -1.56. The van der Waals surface area contributed by atoms with E-state index >= 15 is 0 Å². The first-order valence-electron chi connectivity index (χ1n) is 6.73. The number of rotatable bonds is 5. The van der Waals surface area contributed by atoms with Crippen LogP contribution in [0.15, 0.2) is 12.3 Å². The lowest BCUT2D eigenvalue weighted by atomic mass is 10.2. The summed E-state index contributed by atoms with van der Waals surface area (Å²) in [5.41, 5.74) is -0.0441. The van der Waals surface area contributed by atoms with Gasteiger partial charge in [0.25, 0.3) is 11.6 Å². The molecule has 1 N–H and O–H groups in total. The maximum Gasteiger partial charge on any atom is 0.323 e. The average Bonchev–Trinajstić information content (AvgIpc) is 3.04. The van der Waals surface area contributed by atoms with E-state index in [0.717, 1.165) is 25.7 Å². The summed E-state index contributed by atoms with van der Waals surface area (Å²) in [4.78, 5) is 35.0. The fourth-order valence-electron chi connectivity index (χ4n) is 2.74. The van der Waals surface area contributed by atoms with Crippen molar-refractivity contribution in [2.75, 3.05) is 6.54 Å². The van der Waals surface area contributed by atoms with Crippen molar-refractivity contribution < 1.29 is 19.6 Å². The molecule has 8 nitrogen and oxygen atoms in total. The summed E-state index contributed by atoms with van der Waals surface area (Å²) in [6.07, 6.45) is 4.71. The van der Waals surface area contributed by atoms with Crippen molar-refractivity contribution in [1.29, 1.82) is 0 Å². The van der Waals surface area contributed by atoms with Crippen LogP contribution >= 0.6 is 0 Å². The van der Waals surface area contributed by atoms with E-state index in [0.29, 0.717) is 0 Å². The normalized spacial score (nSPS) is 15.1. The molecular weight excluding hydrogens is 278 g/mol. The van der Waals surface area contributed by atoms with Crippen LogP contribution in [0.1, 0.15) is 36.2 Å². The van der Waals surface area contributed by atoms with Gasteiger partial charge in [0.1, 0.15) is 12.2 Å². The van der Waals surface area contributed by atoms with Gasteiger partial charge in [-0.25, -0.2) is 0 Å². The highest BCUT2D eigenvalue weighted by Crippen LogP contribution is 2.26. The first-order chi connectivity index (χ1) is 9.90. The van der Waals surface area contributed by atoms with Crippen molar-refractivity contribution >= 4 is 17.6 Å². The summed E-state index contributed by atoms with van der Waals surface area (Å²) in [7, 11) is 1.54. The van der Waals surface area contributed by atoms with Gasteiger partial charge in [0, 0.05) is 19.2 Å². The van der Waals surface area contributed by atoms with E-state index in [1.165, 1.54) is 28.8 Å². The highest BCUT2D eigenvalue weighted by atomic mass is 16.6. The second-order valence-electron chi connectivity index (χ2n) is 5.22. The van der Waals surface area contributed by atoms with Crippen molar-refractivity contribution in [2.45, 2.75) is 31.7 Å². The van der Waals surface area contributed by atoms with Crippen LogP contribution in [0.25, 0.3) is 0 Å².